The van der Waals surface area contributed by atoms with E-state index in [1.54, 1.807) is 11.3 Å². The number of aryl methyl sites for hydroxylation is 1. The van der Waals surface area contributed by atoms with E-state index in [9.17, 15) is 4.79 Å². The van der Waals surface area contributed by atoms with Gasteiger partial charge in [0.2, 0.25) is 0 Å². The Morgan fingerprint density at radius 2 is 2.48 bits per heavy atom. The van der Waals surface area contributed by atoms with Crippen LogP contribution in [0.3, 0.4) is 0 Å². The van der Waals surface area contributed by atoms with Crippen LogP contribution < -0.4 is 5.32 Å². The van der Waals surface area contributed by atoms with Crippen molar-refractivity contribution in [1.82, 2.24) is 5.32 Å². The minimum atomic E-state index is -0.191. The summed E-state index contributed by atoms with van der Waals surface area (Å²) in [6.45, 7) is 3.44. The number of hydrogen-bond donors (Lipinski definition) is 2. The first-order valence-corrected chi connectivity index (χ1v) is 8.31. The molecule has 2 rings (SSSR count). The second-order valence-electron chi connectivity index (χ2n) is 5.13. The predicted octanol–water partition coefficient (Wildman–Crippen LogP) is 1.60. The molecule has 21 heavy (non-hydrogen) atoms. The van der Waals surface area contributed by atoms with Crippen LogP contribution in [0, 0.1) is 0 Å². The molecule has 1 aliphatic rings. The lowest BCUT2D eigenvalue weighted by Crippen LogP contribution is -2.50. The third kappa shape index (κ3) is 4.78. The molecule has 0 aromatic carbocycles. The number of nitrogens with one attached hydrogen (secondary N) is 1. The summed E-state index contributed by atoms with van der Waals surface area (Å²) in [7, 11) is 0. The van der Waals surface area contributed by atoms with Crippen LogP contribution in [0.25, 0.3) is 0 Å². The standard InChI is InChI=1S/C15H23NO4S/c1-2-3-12-8-11(10-21-12)15(18)16-13-4-6-19-9-14(13)20-7-5-17/h8,10,13-14,17H,2-7,9H2,1H3,(H,16,18). The van der Waals surface area contributed by atoms with Gasteiger partial charge in [-0.1, -0.05) is 13.3 Å². The van der Waals surface area contributed by atoms with Crippen LogP contribution >= 0.6 is 11.3 Å². The molecule has 0 bridgehead atoms. The van der Waals surface area contributed by atoms with Crippen LogP contribution in [0.1, 0.15) is 35.0 Å². The quantitative estimate of drug-likeness (QED) is 0.802. The summed E-state index contributed by atoms with van der Waals surface area (Å²) < 4.78 is 10.9. The van der Waals surface area contributed by atoms with E-state index in [0.29, 0.717) is 13.2 Å². The molecular formula is C15H23NO4S. The first kappa shape index (κ1) is 16.4. The van der Waals surface area contributed by atoms with Crippen LogP contribution in [0.2, 0.25) is 0 Å². The van der Waals surface area contributed by atoms with Crippen LogP contribution in [0.4, 0.5) is 0 Å². The number of amides is 1. The zero-order valence-electron chi connectivity index (χ0n) is 12.3. The predicted molar refractivity (Wildman–Crippen MR) is 81.8 cm³/mol. The molecule has 1 fully saturated rings. The SMILES string of the molecule is CCCc1cc(C(=O)NC2CCOCC2OCCO)cs1. The number of hydrogen-bond acceptors (Lipinski definition) is 5. The van der Waals surface area contributed by atoms with Crippen molar-refractivity contribution in [1.29, 1.82) is 0 Å². The summed E-state index contributed by atoms with van der Waals surface area (Å²) in [5.74, 6) is -0.0573. The fourth-order valence-corrected chi connectivity index (χ4v) is 3.34. The maximum absolute atomic E-state index is 12.3. The largest absolute Gasteiger partial charge is 0.394 e. The number of ether oxygens (including phenoxy) is 2. The topological polar surface area (TPSA) is 67.8 Å². The van der Waals surface area contributed by atoms with Crippen molar-refractivity contribution in [3.05, 3.63) is 21.9 Å². The lowest BCUT2D eigenvalue weighted by Gasteiger charge is -2.31. The molecule has 0 radical (unpaired) electrons. The molecule has 1 amide bonds. The van der Waals surface area contributed by atoms with Gasteiger partial charge in [0.1, 0.15) is 6.10 Å². The Labute approximate surface area is 129 Å². The molecule has 6 heteroatoms. The van der Waals surface area contributed by atoms with Crippen molar-refractivity contribution in [3.63, 3.8) is 0 Å². The first-order chi connectivity index (χ1) is 10.2. The Hall–Kier alpha value is -0.950. The molecule has 1 aliphatic heterocycles. The summed E-state index contributed by atoms with van der Waals surface area (Å²) in [5.41, 5.74) is 0.718. The van der Waals surface area contributed by atoms with Gasteiger partial charge in [-0.3, -0.25) is 4.79 Å². The molecular weight excluding hydrogens is 290 g/mol. The Bertz CT molecular complexity index is 449. The number of carbonyl (C=O) groups is 1. The lowest BCUT2D eigenvalue weighted by atomic mass is 10.1. The third-order valence-corrected chi connectivity index (χ3v) is 4.45. The molecule has 2 atom stereocenters. The van der Waals surface area contributed by atoms with E-state index < -0.39 is 0 Å². The summed E-state index contributed by atoms with van der Waals surface area (Å²) >= 11 is 1.63. The van der Waals surface area contributed by atoms with Gasteiger partial charge in [0.05, 0.1) is 31.4 Å². The van der Waals surface area contributed by atoms with E-state index in [-0.39, 0.29) is 31.3 Å². The van der Waals surface area contributed by atoms with Gasteiger partial charge in [0.15, 0.2) is 0 Å². The van der Waals surface area contributed by atoms with Crippen molar-refractivity contribution in [2.24, 2.45) is 0 Å². The van der Waals surface area contributed by atoms with E-state index in [1.165, 1.54) is 4.88 Å². The van der Waals surface area contributed by atoms with Crippen LogP contribution in [-0.2, 0) is 15.9 Å². The molecule has 1 aromatic heterocycles. The Kier molecular flexibility index (Phi) is 6.63. The van der Waals surface area contributed by atoms with Crippen molar-refractivity contribution in [3.8, 4) is 0 Å². The Balaban J connectivity index is 1.92. The maximum Gasteiger partial charge on any atom is 0.252 e. The molecule has 2 N–H and O–H groups in total. The molecule has 5 nitrogen and oxygen atoms in total. The first-order valence-electron chi connectivity index (χ1n) is 7.43. The number of carbonyl (C=O) groups excluding carboxylic acids is 1. The van der Waals surface area contributed by atoms with E-state index in [4.69, 9.17) is 14.6 Å². The van der Waals surface area contributed by atoms with Gasteiger partial charge < -0.3 is 19.9 Å². The number of rotatable bonds is 7. The van der Waals surface area contributed by atoms with Crippen molar-refractivity contribution in [2.75, 3.05) is 26.4 Å². The maximum atomic E-state index is 12.3. The normalized spacial score (nSPS) is 22.2. The second-order valence-corrected chi connectivity index (χ2v) is 6.12. The molecule has 118 valence electrons. The average molecular weight is 313 g/mol. The summed E-state index contributed by atoms with van der Waals surface area (Å²) in [6.07, 6.45) is 2.63. The van der Waals surface area contributed by atoms with Crippen LogP contribution in [0.5, 0.6) is 0 Å². The van der Waals surface area contributed by atoms with Gasteiger partial charge in [-0.25, -0.2) is 0 Å². The van der Waals surface area contributed by atoms with Gasteiger partial charge in [0.25, 0.3) is 5.91 Å². The number of aliphatic hydroxyl groups excluding tert-OH is 1. The van der Waals surface area contributed by atoms with Gasteiger partial charge in [-0.2, -0.15) is 0 Å². The van der Waals surface area contributed by atoms with E-state index >= 15 is 0 Å². The fraction of sp³-hybridized carbons (Fsp3) is 0.667. The summed E-state index contributed by atoms with van der Waals surface area (Å²) in [5, 5.41) is 13.8. The molecule has 2 heterocycles. The minimum absolute atomic E-state index is 0.0257. The van der Waals surface area contributed by atoms with Gasteiger partial charge in [-0.05, 0) is 18.9 Å². The van der Waals surface area contributed by atoms with E-state index in [2.05, 4.69) is 12.2 Å². The monoisotopic (exact) mass is 313 g/mol. The minimum Gasteiger partial charge on any atom is -0.394 e. The average Bonchev–Trinajstić information content (AvgIpc) is 2.95. The highest BCUT2D eigenvalue weighted by molar-refractivity contribution is 7.10. The van der Waals surface area contributed by atoms with Gasteiger partial charge >= 0.3 is 0 Å². The molecule has 1 saturated heterocycles. The van der Waals surface area contributed by atoms with E-state index in [1.807, 2.05) is 11.4 Å². The van der Waals surface area contributed by atoms with Crippen molar-refractivity contribution in [2.45, 2.75) is 38.3 Å². The van der Waals surface area contributed by atoms with Gasteiger partial charge in [0, 0.05) is 16.9 Å². The molecule has 1 aromatic rings. The molecule has 0 aliphatic carbocycles. The molecule has 0 spiro atoms. The van der Waals surface area contributed by atoms with Crippen LogP contribution in [0.15, 0.2) is 11.4 Å². The zero-order chi connectivity index (χ0) is 15.1. The Morgan fingerprint density at radius 1 is 1.62 bits per heavy atom. The fourth-order valence-electron chi connectivity index (χ4n) is 2.37. The number of thiophene rings is 1. The Morgan fingerprint density at radius 3 is 3.24 bits per heavy atom. The zero-order valence-corrected chi connectivity index (χ0v) is 13.2. The molecule has 0 saturated carbocycles. The smallest absolute Gasteiger partial charge is 0.252 e. The highest BCUT2D eigenvalue weighted by Crippen LogP contribution is 2.18. The van der Waals surface area contributed by atoms with Crippen molar-refractivity contribution < 1.29 is 19.4 Å². The molecule has 2 unspecified atom stereocenters. The van der Waals surface area contributed by atoms with Crippen molar-refractivity contribution >= 4 is 17.2 Å². The lowest BCUT2D eigenvalue weighted by molar-refractivity contribution is -0.0737. The second kappa shape index (κ2) is 8.48. The highest BCUT2D eigenvalue weighted by atomic mass is 32.1. The van der Waals surface area contributed by atoms with Crippen LogP contribution in [-0.4, -0.2) is 49.6 Å². The van der Waals surface area contributed by atoms with E-state index in [0.717, 1.165) is 24.8 Å². The van der Waals surface area contributed by atoms with Gasteiger partial charge in [-0.15, -0.1) is 11.3 Å². The number of aliphatic hydroxyl groups is 1. The third-order valence-electron chi connectivity index (χ3n) is 3.46. The summed E-state index contributed by atoms with van der Waals surface area (Å²) in [6, 6.07) is 1.90. The summed E-state index contributed by atoms with van der Waals surface area (Å²) in [4.78, 5) is 13.5. The highest BCUT2D eigenvalue weighted by Gasteiger charge is 2.28.